The van der Waals surface area contributed by atoms with Crippen molar-refractivity contribution in [3.8, 4) is 28.3 Å². The average Bonchev–Trinajstić information content (AvgIpc) is 3.77. The molecule has 1 amide bonds. The number of hydrogen-bond donors (Lipinski definition) is 1. The van der Waals surface area contributed by atoms with Crippen LogP contribution in [0.3, 0.4) is 0 Å². The minimum absolute atomic E-state index is 0.00824. The fourth-order valence-corrected chi connectivity index (χ4v) is 7.06. The first-order valence-corrected chi connectivity index (χ1v) is 18.2. The van der Waals surface area contributed by atoms with Gasteiger partial charge in [0.1, 0.15) is 5.75 Å². The van der Waals surface area contributed by atoms with Crippen molar-refractivity contribution >= 4 is 23.0 Å². The first-order chi connectivity index (χ1) is 23.1. The minimum atomic E-state index is -0.452. The summed E-state index contributed by atoms with van der Waals surface area (Å²) in [7, 11) is 0. The summed E-state index contributed by atoms with van der Waals surface area (Å²) in [6, 6.07) is 20.0. The topological polar surface area (TPSA) is 98.4 Å². The third-order valence-corrected chi connectivity index (χ3v) is 10.5. The number of nitrogens with zero attached hydrogens (tertiary/aromatic N) is 3. The van der Waals surface area contributed by atoms with Gasteiger partial charge in [-0.3, -0.25) is 9.59 Å². The molecule has 7 nitrogen and oxygen atoms in total. The van der Waals surface area contributed by atoms with E-state index < -0.39 is 5.92 Å². The van der Waals surface area contributed by atoms with E-state index in [0.717, 1.165) is 52.3 Å². The standard InChI is InChI=1S/C40H50N4O3S/c1-5-6-7-8-9-22-47-34-16-14-29(15-17-34)32-25-42-38(43-26-32)30-12-10-28(11-13-30)23-31(39(46)44-21-20-33(41)27-44)24-35(45)36-18-19-37(48-36)40(2,3)4/h10-19,25-26,31,33H,5-9,20-24,27,41H2,1-4H3/t31-,33-/m1/s1. The van der Waals surface area contributed by atoms with Gasteiger partial charge in [-0.1, -0.05) is 89.8 Å². The normalized spacial score (nSPS) is 15.4. The molecule has 3 heterocycles. The molecule has 1 fully saturated rings. The molecule has 0 radical (unpaired) electrons. The Morgan fingerprint density at radius 1 is 0.917 bits per heavy atom. The lowest BCUT2D eigenvalue weighted by Crippen LogP contribution is -2.38. The number of thiophene rings is 1. The number of unbranched alkanes of at least 4 members (excludes halogenated alkanes) is 4. The number of hydrogen-bond acceptors (Lipinski definition) is 7. The van der Waals surface area contributed by atoms with Crippen LogP contribution in [0.1, 0.15) is 92.8 Å². The molecule has 2 aromatic heterocycles. The molecule has 5 rings (SSSR count). The Morgan fingerprint density at radius 2 is 1.60 bits per heavy atom. The molecule has 1 saturated heterocycles. The van der Waals surface area contributed by atoms with E-state index in [0.29, 0.717) is 30.2 Å². The van der Waals surface area contributed by atoms with E-state index in [1.54, 1.807) is 0 Å². The van der Waals surface area contributed by atoms with E-state index >= 15 is 0 Å². The Kier molecular flexibility index (Phi) is 12.2. The molecular formula is C40H50N4O3S. The number of ketones is 1. The fraction of sp³-hybridized carbons (Fsp3) is 0.450. The van der Waals surface area contributed by atoms with Gasteiger partial charge in [-0.25, -0.2) is 9.97 Å². The Balaban J connectivity index is 1.21. The number of nitrogens with two attached hydrogens (primary N) is 1. The maximum absolute atomic E-state index is 13.7. The summed E-state index contributed by atoms with van der Waals surface area (Å²) in [5, 5.41) is 0. The van der Waals surface area contributed by atoms with Crippen molar-refractivity contribution < 1.29 is 14.3 Å². The molecule has 1 aliphatic rings. The highest BCUT2D eigenvalue weighted by Gasteiger charge is 2.32. The predicted molar refractivity (Wildman–Crippen MR) is 195 cm³/mol. The van der Waals surface area contributed by atoms with Gasteiger partial charge >= 0.3 is 0 Å². The molecule has 0 bridgehead atoms. The second kappa shape index (κ2) is 16.5. The number of aromatic nitrogens is 2. The number of amides is 1. The van der Waals surface area contributed by atoms with Crippen LogP contribution < -0.4 is 10.5 Å². The summed E-state index contributed by atoms with van der Waals surface area (Å²) < 4.78 is 5.91. The zero-order chi connectivity index (χ0) is 34.1. The van der Waals surface area contributed by atoms with Crippen LogP contribution in [0, 0.1) is 5.92 Å². The van der Waals surface area contributed by atoms with Crippen LogP contribution in [0.15, 0.2) is 73.1 Å². The lowest BCUT2D eigenvalue weighted by molar-refractivity contribution is -0.134. The van der Waals surface area contributed by atoms with Gasteiger partial charge < -0.3 is 15.4 Å². The molecule has 2 N–H and O–H groups in total. The van der Waals surface area contributed by atoms with Crippen molar-refractivity contribution in [2.45, 2.75) is 90.5 Å². The summed E-state index contributed by atoms with van der Waals surface area (Å²) in [5.41, 5.74) is 9.97. The van der Waals surface area contributed by atoms with Crippen molar-refractivity contribution in [2.24, 2.45) is 11.7 Å². The fourth-order valence-electron chi connectivity index (χ4n) is 6.05. The summed E-state index contributed by atoms with van der Waals surface area (Å²) in [6.45, 7) is 10.6. The second-order valence-electron chi connectivity index (χ2n) is 14.1. The lowest BCUT2D eigenvalue weighted by Gasteiger charge is -2.23. The molecular weight excluding hydrogens is 617 g/mol. The highest BCUT2D eigenvalue weighted by atomic mass is 32.1. The van der Waals surface area contributed by atoms with Crippen molar-refractivity contribution in [1.82, 2.24) is 14.9 Å². The maximum atomic E-state index is 13.7. The van der Waals surface area contributed by atoms with E-state index in [9.17, 15) is 9.59 Å². The van der Waals surface area contributed by atoms with Gasteiger partial charge in [-0.15, -0.1) is 11.3 Å². The minimum Gasteiger partial charge on any atom is -0.494 e. The van der Waals surface area contributed by atoms with Crippen LogP contribution in [-0.4, -0.2) is 52.3 Å². The van der Waals surface area contributed by atoms with E-state index in [1.165, 1.54) is 37.0 Å². The van der Waals surface area contributed by atoms with E-state index in [2.05, 4.69) is 37.7 Å². The summed E-state index contributed by atoms with van der Waals surface area (Å²) >= 11 is 1.53. The largest absolute Gasteiger partial charge is 0.494 e. The third kappa shape index (κ3) is 9.60. The number of benzene rings is 2. The SMILES string of the molecule is CCCCCCCOc1ccc(-c2cnc(-c3ccc(C[C@H](CC(=O)c4ccc(C(C)(C)C)s4)C(=O)N4CC[C@@H](N)C4)cc3)nc2)cc1. The Hall–Kier alpha value is -3.88. The molecule has 4 aromatic rings. The molecule has 1 aliphatic heterocycles. The first-order valence-electron chi connectivity index (χ1n) is 17.4. The van der Waals surface area contributed by atoms with Gasteiger partial charge in [0.25, 0.3) is 0 Å². The highest BCUT2D eigenvalue weighted by molar-refractivity contribution is 7.14. The maximum Gasteiger partial charge on any atom is 0.226 e. The van der Waals surface area contributed by atoms with Crippen molar-refractivity contribution in [3.05, 3.63) is 88.4 Å². The molecule has 0 aliphatic carbocycles. The quantitative estimate of drug-likeness (QED) is 0.101. The van der Waals surface area contributed by atoms with Gasteiger partial charge in [-0.2, -0.15) is 0 Å². The van der Waals surface area contributed by atoms with Crippen LogP contribution in [0.4, 0.5) is 0 Å². The molecule has 0 unspecified atom stereocenters. The number of carbonyl (C=O) groups is 2. The van der Waals surface area contributed by atoms with Crippen LogP contribution in [0.5, 0.6) is 5.75 Å². The number of ether oxygens (including phenoxy) is 1. The molecule has 254 valence electrons. The lowest BCUT2D eigenvalue weighted by atomic mass is 9.92. The van der Waals surface area contributed by atoms with Crippen LogP contribution >= 0.6 is 11.3 Å². The van der Waals surface area contributed by atoms with Crippen LogP contribution in [-0.2, 0) is 16.6 Å². The molecule has 0 saturated carbocycles. The Labute approximate surface area is 290 Å². The zero-order valence-corrected chi connectivity index (χ0v) is 29.7. The molecule has 2 atom stereocenters. The average molecular weight is 667 g/mol. The van der Waals surface area contributed by atoms with Crippen LogP contribution in [0.25, 0.3) is 22.5 Å². The van der Waals surface area contributed by atoms with E-state index in [-0.39, 0.29) is 29.6 Å². The van der Waals surface area contributed by atoms with Gasteiger partial charge in [-0.05, 0) is 60.1 Å². The highest BCUT2D eigenvalue weighted by Crippen LogP contribution is 2.31. The number of Topliss-reactive ketones (excluding diaryl/α,β-unsaturated/α-hetero) is 1. The van der Waals surface area contributed by atoms with E-state index in [1.807, 2.05) is 78.0 Å². The van der Waals surface area contributed by atoms with E-state index in [4.69, 9.17) is 10.5 Å². The number of rotatable bonds is 15. The van der Waals surface area contributed by atoms with Gasteiger partial charge in [0.2, 0.25) is 5.91 Å². The number of likely N-dealkylation sites (tertiary alicyclic amines) is 1. The monoisotopic (exact) mass is 666 g/mol. The van der Waals surface area contributed by atoms with Crippen LogP contribution in [0.2, 0.25) is 0 Å². The number of carbonyl (C=O) groups excluding carboxylic acids is 2. The van der Waals surface area contributed by atoms with Crippen molar-refractivity contribution in [3.63, 3.8) is 0 Å². The Morgan fingerprint density at radius 3 is 2.23 bits per heavy atom. The summed E-state index contributed by atoms with van der Waals surface area (Å²) in [5.74, 6) is 1.09. The summed E-state index contributed by atoms with van der Waals surface area (Å²) in [6.07, 6.45) is 11.2. The Bertz CT molecular complexity index is 1620. The molecule has 8 heteroatoms. The van der Waals surface area contributed by atoms with Gasteiger partial charge in [0.15, 0.2) is 11.6 Å². The summed E-state index contributed by atoms with van der Waals surface area (Å²) in [4.78, 5) is 40.1. The smallest absolute Gasteiger partial charge is 0.226 e. The molecule has 48 heavy (non-hydrogen) atoms. The van der Waals surface area contributed by atoms with Gasteiger partial charge in [0.05, 0.1) is 11.5 Å². The first kappa shape index (κ1) is 35.4. The molecule has 2 aromatic carbocycles. The predicted octanol–water partition coefficient (Wildman–Crippen LogP) is 8.51. The molecule has 0 spiro atoms. The zero-order valence-electron chi connectivity index (χ0n) is 28.9. The van der Waals surface area contributed by atoms with Crippen molar-refractivity contribution in [1.29, 1.82) is 0 Å². The van der Waals surface area contributed by atoms with Crippen molar-refractivity contribution in [2.75, 3.05) is 19.7 Å². The second-order valence-corrected chi connectivity index (χ2v) is 15.1. The third-order valence-electron chi connectivity index (χ3n) is 8.99. The van der Waals surface area contributed by atoms with Gasteiger partial charge in [0, 0.05) is 59.9 Å².